The fourth-order valence-corrected chi connectivity index (χ4v) is 2.72. The Hall–Kier alpha value is -2.56. The van der Waals surface area contributed by atoms with E-state index in [1.165, 1.54) is 18.4 Å². The van der Waals surface area contributed by atoms with Gasteiger partial charge in [-0.05, 0) is 43.4 Å². The van der Waals surface area contributed by atoms with Crippen molar-refractivity contribution < 1.29 is 0 Å². The lowest BCUT2D eigenvalue weighted by Crippen LogP contribution is -1.99. The van der Waals surface area contributed by atoms with E-state index in [1.54, 1.807) is 12.3 Å². The van der Waals surface area contributed by atoms with Crippen molar-refractivity contribution in [1.29, 1.82) is 0 Å². The predicted molar refractivity (Wildman–Crippen MR) is 81.7 cm³/mol. The van der Waals surface area contributed by atoms with E-state index in [9.17, 15) is 0 Å². The van der Waals surface area contributed by atoms with Gasteiger partial charge >= 0.3 is 0 Å². The number of hydrogen-bond donors (Lipinski definition) is 1. The van der Waals surface area contributed by atoms with E-state index in [0.717, 1.165) is 22.2 Å². The topological polar surface area (TPSA) is 77.6 Å². The van der Waals surface area contributed by atoms with E-state index in [0.29, 0.717) is 17.6 Å². The van der Waals surface area contributed by atoms with Crippen molar-refractivity contribution in [2.45, 2.75) is 25.7 Å². The summed E-state index contributed by atoms with van der Waals surface area (Å²) in [6, 6.07) is 3.66. The number of hydrogen-bond acceptors (Lipinski definition) is 5. The van der Waals surface area contributed by atoms with E-state index >= 15 is 0 Å². The summed E-state index contributed by atoms with van der Waals surface area (Å²) in [5, 5.41) is 1.15. The third-order valence-electron chi connectivity index (χ3n) is 3.87. The minimum absolute atomic E-state index is 0.471. The van der Waals surface area contributed by atoms with Crippen LogP contribution in [-0.4, -0.2) is 19.9 Å². The number of aromatic nitrogens is 4. The lowest BCUT2D eigenvalue weighted by molar-refractivity contribution is 1.08. The zero-order valence-electron chi connectivity index (χ0n) is 11.7. The summed E-state index contributed by atoms with van der Waals surface area (Å²) >= 11 is 0. The summed E-state index contributed by atoms with van der Waals surface area (Å²) in [5.74, 6) is 1.77. The van der Waals surface area contributed by atoms with Gasteiger partial charge in [-0.2, -0.15) is 0 Å². The molecular weight excluding hydrogens is 262 g/mol. The summed E-state index contributed by atoms with van der Waals surface area (Å²) in [5.41, 5.74) is 9.80. The molecule has 3 aromatic heterocycles. The van der Waals surface area contributed by atoms with Crippen LogP contribution >= 0.6 is 0 Å². The number of rotatable bonds is 2. The fraction of sp³-hybridized carbons (Fsp3) is 0.250. The molecule has 0 atom stereocenters. The molecule has 1 aliphatic rings. The Morgan fingerprint density at radius 2 is 2.05 bits per heavy atom. The minimum atomic E-state index is 0.471. The lowest BCUT2D eigenvalue weighted by atomic mass is 10.1. The molecule has 0 spiro atoms. The van der Waals surface area contributed by atoms with Crippen LogP contribution in [0.3, 0.4) is 0 Å². The van der Waals surface area contributed by atoms with Crippen LogP contribution in [0, 0.1) is 6.92 Å². The van der Waals surface area contributed by atoms with Crippen molar-refractivity contribution in [3.8, 4) is 11.4 Å². The molecule has 0 bridgehead atoms. The van der Waals surface area contributed by atoms with Crippen LogP contribution in [0.2, 0.25) is 0 Å². The van der Waals surface area contributed by atoms with Crippen molar-refractivity contribution in [3.63, 3.8) is 0 Å². The van der Waals surface area contributed by atoms with Crippen molar-refractivity contribution in [2.75, 3.05) is 5.73 Å². The molecule has 0 unspecified atom stereocenters. The molecule has 0 saturated heterocycles. The summed E-state index contributed by atoms with van der Waals surface area (Å²) in [6.07, 6.45) is 7.92. The molecule has 1 saturated carbocycles. The Kier molecular flexibility index (Phi) is 2.60. The Labute approximate surface area is 122 Å². The normalized spacial score (nSPS) is 14.5. The highest BCUT2D eigenvalue weighted by molar-refractivity contribution is 5.85. The van der Waals surface area contributed by atoms with Gasteiger partial charge in [-0.3, -0.25) is 4.98 Å². The van der Waals surface area contributed by atoms with Crippen molar-refractivity contribution >= 4 is 16.7 Å². The van der Waals surface area contributed by atoms with E-state index in [4.69, 9.17) is 5.73 Å². The zero-order chi connectivity index (χ0) is 14.4. The van der Waals surface area contributed by atoms with E-state index in [1.807, 2.05) is 25.4 Å². The summed E-state index contributed by atoms with van der Waals surface area (Å²) < 4.78 is 0. The third kappa shape index (κ3) is 2.11. The van der Waals surface area contributed by atoms with Crippen molar-refractivity contribution in [1.82, 2.24) is 19.9 Å². The first-order chi connectivity index (χ1) is 10.2. The first-order valence-corrected chi connectivity index (χ1v) is 7.06. The van der Waals surface area contributed by atoms with Gasteiger partial charge in [-0.25, -0.2) is 15.0 Å². The molecule has 0 radical (unpaired) electrons. The third-order valence-corrected chi connectivity index (χ3v) is 3.87. The highest BCUT2D eigenvalue weighted by atomic mass is 14.9. The zero-order valence-corrected chi connectivity index (χ0v) is 11.7. The number of anilines is 1. The van der Waals surface area contributed by atoms with Crippen LogP contribution in [0.1, 0.15) is 30.0 Å². The second-order valence-electron chi connectivity index (χ2n) is 5.50. The molecule has 0 aliphatic heterocycles. The highest BCUT2D eigenvalue weighted by Crippen LogP contribution is 2.43. The van der Waals surface area contributed by atoms with Gasteiger partial charge in [-0.15, -0.1) is 0 Å². The predicted octanol–water partition coefficient (Wildman–Crippen LogP) is 2.85. The molecule has 5 heteroatoms. The van der Waals surface area contributed by atoms with E-state index in [-0.39, 0.29) is 0 Å². The highest BCUT2D eigenvalue weighted by Gasteiger charge is 2.27. The van der Waals surface area contributed by atoms with Crippen molar-refractivity contribution in [2.24, 2.45) is 0 Å². The van der Waals surface area contributed by atoms with Gasteiger partial charge in [0.15, 0.2) is 5.82 Å². The average Bonchev–Trinajstić information content (AvgIpc) is 3.31. The Morgan fingerprint density at radius 1 is 1.19 bits per heavy atom. The second-order valence-corrected chi connectivity index (χ2v) is 5.50. The number of nitrogen functional groups attached to an aromatic ring is 1. The number of fused-ring (bicyclic) bond motifs is 1. The molecule has 21 heavy (non-hydrogen) atoms. The molecule has 3 aromatic rings. The summed E-state index contributed by atoms with van der Waals surface area (Å²) in [7, 11) is 0. The SMILES string of the molecule is Cc1nc(-c2ccnc(N)c2)nc2cncc(C3CC3)c12. The van der Waals surface area contributed by atoms with Gasteiger partial charge in [-0.1, -0.05) is 0 Å². The molecule has 3 heterocycles. The van der Waals surface area contributed by atoms with Gasteiger partial charge < -0.3 is 5.73 Å². The monoisotopic (exact) mass is 277 g/mol. The largest absolute Gasteiger partial charge is 0.384 e. The molecule has 4 rings (SSSR count). The number of nitrogens with two attached hydrogens (primary N) is 1. The fourth-order valence-electron chi connectivity index (χ4n) is 2.72. The van der Waals surface area contributed by atoms with Gasteiger partial charge in [0, 0.05) is 29.0 Å². The van der Waals surface area contributed by atoms with E-state index in [2.05, 4.69) is 19.9 Å². The first-order valence-electron chi connectivity index (χ1n) is 7.06. The van der Waals surface area contributed by atoms with Crippen LogP contribution < -0.4 is 5.73 Å². The Bertz CT molecular complexity index is 839. The quantitative estimate of drug-likeness (QED) is 0.779. The first kappa shape index (κ1) is 12.2. The smallest absolute Gasteiger partial charge is 0.160 e. The average molecular weight is 277 g/mol. The van der Waals surface area contributed by atoms with Crippen LogP contribution in [-0.2, 0) is 0 Å². The molecule has 0 aromatic carbocycles. The summed E-state index contributed by atoms with van der Waals surface area (Å²) in [4.78, 5) is 17.7. The van der Waals surface area contributed by atoms with Gasteiger partial charge in [0.25, 0.3) is 0 Å². The molecule has 5 nitrogen and oxygen atoms in total. The van der Waals surface area contributed by atoms with Crippen LogP contribution in [0.4, 0.5) is 5.82 Å². The van der Waals surface area contributed by atoms with Crippen LogP contribution in [0.15, 0.2) is 30.7 Å². The van der Waals surface area contributed by atoms with Crippen LogP contribution in [0.25, 0.3) is 22.3 Å². The number of pyridine rings is 2. The Morgan fingerprint density at radius 3 is 2.81 bits per heavy atom. The number of nitrogens with zero attached hydrogens (tertiary/aromatic N) is 4. The van der Waals surface area contributed by atoms with Gasteiger partial charge in [0.2, 0.25) is 0 Å². The maximum absolute atomic E-state index is 5.74. The molecule has 1 aliphatic carbocycles. The molecule has 0 amide bonds. The number of aryl methyl sites for hydroxylation is 1. The summed E-state index contributed by atoms with van der Waals surface area (Å²) in [6.45, 7) is 2.03. The van der Waals surface area contributed by atoms with Crippen molar-refractivity contribution in [3.05, 3.63) is 42.0 Å². The van der Waals surface area contributed by atoms with Gasteiger partial charge in [0.05, 0.1) is 11.7 Å². The molecular formula is C16H15N5. The Balaban J connectivity index is 1.93. The molecule has 1 fully saturated rings. The van der Waals surface area contributed by atoms with Gasteiger partial charge in [0.1, 0.15) is 5.82 Å². The van der Waals surface area contributed by atoms with E-state index < -0.39 is 0 Å². The maximum Gasteiger partial charge on any atom is 0.160 e. The standard InChI is InChI=1S/C16H15N5/c1-9-15-12(10-2-3-10)7-18-8-13(15)21-16(20-9)11-4-5-19-14(17)6-11/h4-8,10H,2-3H2,1H3,(H2,17,19). The van der Waals surface area contributed by atoms with Crippen LogP contribution in [0.5, 0.6) is 0 Å². The second kappa shape index (κ2) is 4.48. The minimum Gasteiger partial charge on any atom is -0.384 e. The lowest BCUT2D eigenvalue weighted by Gasteiger charge is -2.09. The molecule has 104 valence electrons. The maximum atomic E-state index is 5.74. The molecule has 2 N–H and O–H groups in total.